The molecule has 0 amide bonds. The highest BCUT2D eigenvalue weighted by molar-refractivity contribution is 9.11. The molecule has 3 nitrogen and oxygen atoms in total. The number of allylic oxidation sites excluding steroid dienone is 2. The Morgan fingerprint density at radius 2 is 1.85 bits per heavy atom. The van der Waals surface area contributed by atoms with Gasteiger partial charge in [0.2, 0.25) is 10.0 Å². The Morgan fingerprint density at radius 1 is 1.15 bits per heavy atom. The SMILES string of the molecule is CC1(S(=O)(=O)n2ccc3cc(C(F)(F)F)cc(F)c32)C=CC(Br)=CC1SCc1ccccc1. The average molecular weight is 560 g/mol. The fourth-order valence-electron chi connectivity index (χ4n) is 3.69. The van der Waals surface area contributed by atoms with Gasteiger partial charge >= 0.3 is 6.18 Å². The van der Waals surface area contributed by atoms with E-state index >= 15 is 0 Å². The lowest BCUT2D eigenvalue weighted by atomic mass is 10.0. The van der Waals surface area contributed by atoms with Gasteiger partial charge in [0.1, 0.15) is 10.6 Å². The third-order valence-electron chi connectivity index (χ3n) is 5.57. The van der Waals surface area contributed by atoms with Crippen molar-refractivity contribution in [3.8, 4) is 0 Å². The summed E-state index contributed by atoms with van der Waals surface area (Å²) in [5, 5.41) is -0.684. The summed E-state index contributed by atoms with van der Waals surface area (Å²) in [6.07, 6.45) is 1.28. The number of hydrogen-bond donors (Lipinski definition) is 0. The molecule has 1 aliphatic carbocycles. The number of hydrogen-bond acceptors (Lipinski definition) is 3. The zero-order valence-corrected chi connectivity index (χ0v) is 20.4. The molecule has 1 aromatic heterocycles. The van der Waals surface area contributed by atoms with Gasteiger partial charge < -0.3 is 0 Å². The molecular formula is C23H18BrF4NO2S2. The molecule has 2 aromatic carbocycles. The lowest BCUT2D eigenvalue weighted by Gasteiger charge is -2.35. The first-order chi connectivity index (χ1) is 15.4. The van der Waals surface area contributed by atoms with E-state index in [-0.39, 0.29) is 5.39 Å². The first-order valence-corrected chi connectivity index (χ1v) is 13.1. The molecule has 0 aliphatic heterocycles. The van der Waals surface area contributed by atoms with Gasteiger partial charge in [0.15, 0.2) is 0 Å². The van der Waals surface area contributed by atoms with Gasteiger partial charge in [-0.3, -0.25) is 0 Å². The maximum Gasteiger partial charge on any atom is 0.416 e. The molecular weight excluding hydrogens is 542 g/mol. The zero-order valence-electron chi connectivity index (χ0n) is 17.2. The van der Waals surface area contributed by atoms with Crippen LogP contribution in [0.5, 0.6) is 0 Å². The Balaban J connectivity index is 1.77. The standard InChI is InChI=1S/C23H18BrF4NO2S2/c1-22(9-7-18(24)13-20(22)32-14-15-5-3-2-4-6-15)33(30,31)29-10-8-16-11-17(23(26,27)28)12-19(25)21(16)29/h2-13,20H,14H2,1H3. The lowest BCUT2D eigenvalue weighted by Crippen LogP contribution is -2.46. The minimum Gasteiger partial charge on any atom is -0.241 e. The van der Waals surface area contributed by atoms with E-state index in [1.165, 1.54) is 30.8 Å². The van der Waals surface area contributed by atoms with E-state index in [1.54, 1.807) is 12.2 Å². The van der Waals surface area contributed by atoms with Crippen LogP contribution < -0.4 is 0 Å². The van der Waals surface area contributed by atoms with E-state index in [4.69, 9.17) is 0 Å². The van der Waals surface area contributed by atoms with Gasteiger partial charge in [-0.1, -0.05) is 64.5 Å². The number of alkyl halides is 3. The molecule has 0 spiro atoms. The first kappa shape index (κ1) is 24.1. The fraction of sp³-hybridized carbons (Fsp3) is 0.217. The van der Waals surface area contributed by atoms with Gasteiger partial charge in [-0.05, 0) is 30.7 Å². The van der Waals surface area contributed by atoms with Crippen molar-refractivity contribution in [2.24, 2.45) is 0 Å². The number of thioether (sulfide) groups is 1. The van der Waals surface area contributed by atoms with Gasteiger partial charge in [-0.15, -0.1) is 11.8 Å². The Kier molecular flexibility index (Phi) is 6.30. The average Bonchev–Trinajstić information content (AvgIpc) is 3.20. The maximum absolute atomic E-state index is 14.8. The molecule has 0 bridgehead atoms. The highest BCUT2D eigenvalue weighted by atomic mass is 79.9. The van der Waals surface area contributed by atoms with Crippen LogP contribution in [0.1, 0.15) is 18.1 Å². The van der Waals surface area contributed by atoms with Crippen molar-refractivity contribution in [2.75, 3.05) is 0 Å². The van der Waals surface area contributed by atoms with E-state index in [2.05, 4.69) is 15.9 Å². The van der Waals surface area contributed by atoms with Crippen LogP contribution in [0.25, 0.3) is 10.9 Å². The molecule has 0 fully saturated rings. The van der Waals surface area contributed by atoms with Crippen molar-refractivity contribution in [3.63, 3.8) is 0 Å². The highest BCUT2D eigenvalue weighted by Gasteiger charge is 2.47. The first-order valence-electron chi connectivity index (χ1n) is 9.78. The largest absolute Gasteiger partial charge is 0.416 e. The maximum atomic E-state index is 14.8. The molecule has 2 atom stereocenters. The van der Waals surface area contributed by atoms with Crippen LogP contribution in [0.15, 0.2) is 77.4 Å². The van der Waals surface area contributed by atoms with Crippen LogP contribution in [-0.2, 0) is 22.0 Å². The van der Waals surface area contributed by atoms with Crippen molar-refractivity contribution < 1.29 is 26.0 Å². The molecule has 0 radical (unpaired) electrons. The summed E-state index contributed by atoms with van der Waals surface area (Å²) in [5.74, 6) is -0.709. The molecule has 1 aliphatic rings. The molecule has 1 heterocycles. The minimum absolute atomic E-state index is 0.139. The molecule has 33 heavy (non-hydrogen) atoms. The van der Waals surface area contributed by atoms with Crippen LogP contribution in [-0.4, -0.2) is 22.4 Å². The smallest absolute Gasteiger partial charge is 0.241 e. The van der Waals surface area contributed by atoms with Gasteiger partial charge in [-0.25, -0.2) is 16.8 Å². The van der Waals surface area contributed by atoms with Crippen molar-refractivity contribution in [1.29, 1.82) is 0 Å². The summed E-state index contributed by atoms with van der Waals surface area (Å²) >= 11 is 4.80. The van der Waals surface area contributed by atoms with Crippen molar-refractivity contribution in [2.45, 2.75) is 28.8 Å². The van der Waals surface area contributed by atoms with Crippen LogP contribution >= 0.6 is 27.7 Å². The Bertz CT molecular complexity index is 1360. The molecule has 3 aromatic rings. The topological polar surface area (TPSA) is 39.1 Å². The van der Waals surface area contributed by atoms with Gasteiger partial charge in [0, 0.05) is 27.1 Å². The third-order valence-corrected chi connectivity index (χ3v) is 10.1. The number of benzene rings is 2. The second kappa shape index (κ2) is 8.63. The number of aromatic nitrogens is 1. The quantitative estimate of drug-likeness (QED) is 0.319. The number of rotatable bonds is 5. The summed E-state index contributed by atoms with van der Waals surface area (Å²) in [5.41, 5.74) is -0.564. The third kappa shape index (κ3) is 4.40. The lowest BCUT2D eigenvalue weighted by molar-refractivity contribution is -0.137. The van der Waals surface area contributed by atoms with Crippen LogP contribution in [0, 0.1) is 5.82 Å². The van der Waals surface area contributed by atoms with Gasteiger partial charge in [-0.2, -0.15) is 13.2 Å². The zero-order chi connectivity index (χ0) is 24.0. The van der Waals surface area contributed by atoms with E-state index in [9.17, 15) is 26.0 Å². The van der Waals surface area contributed by atoms with E-state index in [1.807, 2.05) is 30.3 Å². The van der Waals surface area contributed by atoms with Gasteiger partial charge in [0.25, 0.3) is 0 Å². The second-order valence-corrected chi connectivity index (χ2v) is 12.1. The molecule has 4 rings (SSSR count). The normalized spacial score (nSPS) is 21.4. The van der Waals surface area contributed by atoms with Crippen molar-refractivity contribution >= 4 is 48.6 Å². The predicted octanol–water partition coefficient (Wildman–Crippen LogP) is 6.89. The van der Waals surface area contributed by atoms with Crippen LogP contribution in [0.3, 0.4) is 0 Å². The molecule has 0 saturated heterocycles. The Labute approximate surface area is 201 Å². The highest BCUT2D eigenvalue weighted by Crippen LogP contribution is 2.42. The van der Waals surface area contributed by atoms with E-state index in [0.717, 1.165) is 21.8 Å². The molecule has 0 saturated carbocycles. The predicted molar refractivity (Wildman–Crippen MR) is 127 cm³/mol. The Hall–Kier alpha value is -2.04. The van der Waals surface area contributed by atoms with Crippen molar-refractivity contribution in [1.82, 2.24) is 3.97 Å². The summed E-state index contributed by atoms with van der Waals surface area (Å²) in [4.78, 5) is 0. The van der Waals surface area contributed by atoms with Crippen LogP contribution in [0.4, 0.5) is 17.6 Å². The summed E-state index contributed by atoms with van der Waals surface area (Å²) in [6, 6.07) is 11.8. The molecule has 10 heteroatoms. The summed E-state index contributed by atoms with van der Waals surface area (Å²) < 4.78 is 81.7. The summed E-state index contributed by atoms with van der Waals surface area (Å²) in [6.45, 7) is 1.53. The monoisotopic (exact) mass is 559 g/mol. The fourth-order valence-corrected chi connectivity index (χ4v) is 7.73. The number of fused-ring (bicyclic) bond motifs is 1. The number of nitrogens with zero attached hydrogens (tertiary/aromatic N) is 1. The van der Waals surface area contributed by atoms with Gasteiger partial charge in [0.05, 0.1) is 11.1 Å². The second-order valence-electron chi connectivity index (χ2n) is 7.80. The molecule has 174 valence electrons. The molecule has 0 N–H and O–H groups in total. The van der Waals surface area contributed by atoms with Crippen LogP contribution in [0.2, 0.25) is 0 Å². The number of halogens is 5. The minimum atomic E-state index is -4.75. The van der Waals surface area contributed by atoms with E-state index < -0.39 is 43.1 Å². The van der Waals surface area contributed by atoms with Crippen molar-refractivity contribution in [3.05, 3.63) is 94.4 Å². The van der Waals surface area contributed by atoms with E-state index in [0.29, 0.717) is 16.3 Å². The Morgan fingerprint density at radius 3 is 2.52 bits per heavy atom. The summed E-state index contributed by atoms with van der Waals surface area (Å²) in [7, 11) is -4.27. The molecule has 2 unspecified atom stereocenters.